The molecular weight excluding hydrogens is 364 g/mol. The van der Waals surface area contributed by atoms with Crippen molar-refractivity contribution < 1.29 is 36.2 Å². The second kappa shape index (κ2) is 7.85. The lowest BCUT2D eigenvalue weighted by Crippen LogP contribution is -2.46. The third-order valence-electron chi connectivity index (χ3n) is 4.34. The van der Waals surface area contributed by atoms with Crippen molar-refractivity contribution in [3.63, 3.8) is 0 Å². The Hall–Kier alpha value is -1.77. The van der Waals surface area contributed by atoms with Gasteiger partial charge in [-0.1, -0.05) is 25.5 Å². The minimum Gasteiger partial charge on any atom is -0.480 e. The molecule has 26 heavy (non-hydrogen) atoms. The SMILES string of the molecule is CCC(CCc1cccc(C(F)(F)F)c1C(F)(F)F)CC(C)(N)C(=O)O. The van der Waals surface area contributed by atoms with Gasteiger partial charge >= 0.3 is 18.3 Å². The van der Waals surface area contributed by atoms with E-state index in [1.165, 1.54) is 6.92 Å². The highest BCUT2D eigenvalue weighted by molar-refractivity contribution is 5.77. The van der Waals surface area contributed by atoms with Crippen LogP contribution in [0.5, 0.6) is 0 Å². The molecule has 0 saturated carbocycles. The van der Waals surface area contributed by atoms with Crippen molar-refractivity contribution >= 4 is 5.97 Å². The Morgan fingerprint density at radius 3 is 2.15 bits per heavy atom. The molecule has 2 atom stereocenters. The summed E-state index contributed by atoms with van der Waals surface area (Å²) in [5, 5.41) is 9.05. The molecule has 0 aliphatic rings. The summed E-state index contributed by atoms with van der Waals surface area (Å²) in [7, 11) is 0. The van der Waals surface area contributed by atoms with E-state index in [9.17, 15) is 31.1 Å². The number of alkyl halides is 6. The number of halogens is 6. The fraction of sp³-hybridized carbons (Fsp3) is 0.588. The molecule has 0 aromatic heterocycles. The highest BCUT2D eigenvalue weighted by Crippen LogP contribution is 2.42. The van der Waals surface area contributed by atoms with E-state index < -0.39 is 40.6 Å². The summed E-state index contributed by atoms with van der Waals surface area (Å²) in [5.41, 5.74) is 0.242. The number of benzene rings is 1. The first-order valence-electron chi connectivity index (χ1n) is 7.98. The molecular formula is C17H21F6NO2. The van der Waals surface area contributed by atoms with Gasteiger partial charge in [-0.25, -0.2) is 0 Å². The third-order valence-corrected chi connectivity index (χ3v) is 4.34. The summed E-state index contributed by atoms with van der Waals surface area (Å²) in [6.07, 6.45) is -9.97. The van der Waals surface area contributed by atoms with Crippen LogP contribution in [-0.2, 0) is 23.6 Å². The van der Waals surface area contributed by atoms with Crippen molar-refractivity contribution in [3.8, 4) is 0 Å². The number of aliphatic carboxylic acids is 1. The van der Waals surface area contributed by atoms with Gasteiger partial charge in [0.1, 0.15) is 5.54 Å². The van der Waals surface area contributed by atoms with Crippen molar-refractivity contribution in [2.45, 2.75) is 57.4 Å². The number of carboxylic acids is 1. The lowest BCUT2D eigenvalue weighted by Gasteiger charge is -2.26. The number of carbonyl (C=O) groups is 1. The van der Waals surface area contributed by atoms with Crippen molar-refractivity contribution in [2.75, 3.05) is 0 Å². The van der Waals surface area contributed by atoms with E-state index >= 15 is 0 Å². The van der Waals surface area contributed by atoms with Crippen molar-refractivity contribution in [1.82, 2.24) is 0 Å². The van der Waals surface area contributed by atoms with E-state index in [0.29, 0.717) is 12.5 Å². The molecule has 1 rings (SSSR count). The Kier molecular flexibility index (Phi) is 6.73. The highest BCUT2D eigenvalue weighted by atomic mass is 19.4. The smallest absolute Gasteiger partial charge is 0.417 e. The van der Waals surface area contributed by atoms with Crippen LogP contribution >= 0.6 is 0 Å². The largest absolute Gasteiger partial charge is 0.480 e. The number of rotatable bonds is 7. The molecule has 0 bridgehead atoms. The van der Waals surface area contributed by atoms with Crippen LogP contribution in [0.15, 0.2) is 18.2 Å². The lowest BCUT2D eigenvalue weighted by molar-refractivity contribution is -0.162. The fourth-order valence-electron chi connectivity index (χ4n) is 2.88. The normalized spacial score (nSPS) is 16.2. The molecule has 3 nitrogen and oxygen atoms in total. The molecule has 0 fully saturated rings. The fourth-order valence-corrected chi connectivity index (χ4v) is 2.88. The molecule has 9 heteroatoms. The first-order chi connectivity index (χ1) is 11.7. The van der Waals surface area contributed by atoms with Crippen molar-refractivity contribution in [3.05, 3.63) is 34.9 Å². The second-order valence-corrected chi connectivity index (χ2v) is 6.57. The van der Waals surface area contributed by atoms with Gasteiger partial charge in [-0.05, 0) is 43.7 Å². The summed E-state index contributed by atoms with van der Waals surface area (Å²) >= 11 is 0. The summed E-state index contributed by atoms with van der Waals surface area (Å²) < 4.78 is 78.5. The van der Waals surface area contributed by atoms with E-state index in [1.54, 1.807) is 6.92 Å². The molecule has 0 spiro atoms. The first-order valence-corrected chi connectivity index (χ1v) is 7.98. The van der Waals surface area contributed by atoms with Gasteiger partial charge in [-0.3, -0.25) is 4.79 Å². The molecule has 0 aliphatic carbocycles. The number of nitrogens with two attached hydrogens (primary N) is 1. The van der Waals surface area contributed by atoms with E-state index in [-0.39, 0.29) is 25.2 Å². The Balaban J connectivity index is 3.12. The molecule has 1 aromatic carbocycles. The second-order valence-electron chi connectivity index (χ2n) is 6.57. The van der Waals surface area contributed by atoms with Gasteiger partial charge < -0.3 is 10.8 Å². The average Bonchev–Trinajstić information content (AvgIpc) is 2.48. The quantitative estimate of drug-likeness (QED) is 0.658. The molecule has 1 aromatic rings. The zero-order valence-corrected chi connectivity index (χ0v) is 14.3. The summed E-state index contributed by atoms with van der Waals surface area (Å²) in [6.45, 7) is 3.02. The maximum atomic E-state index is 13.2. The Labute approximate surface area is 147 Å². The lowest BCUT2D eigenvalue weighted by atomic mass is 9.84. The minimum atomic E-state index is -5.15. The van der Waals surface area contributed by atoms with Crippen LogP contribution in [0.2, 0.25) is 0 Å². The topological polar surface area (TPSA) is 63.3 Å². The van der Waals surface area contributed by atoms with Crippen LogP contribution in [-0.4, -0.2) is 16.6 Å². The molecule has 2 unspecified atom stereocenters. The number of carboxylic acid groups (broad SMARTS) is 1. The first kappa shape index (κ1) is 22.3. The predicted molar refractivity (Wildman–Crippen MR) is 83.4 cm³/mol. The van der Waals surface area contributed by atoms with E-state index in [0.717, 1.165) is 12.1 Å². The van der Waals surface area contributed by atoms with Gasteiger partial charge in [0.2, 0.25) is 0 Å². The molecule has 3 N–H and O–H groups in total. The molecule has 0 radical (unpaired) electrons. The third kappa shape index (κ3) is 5.62. The Morgan fingerprint density at radius 1 is 1.15 bits per heavy atom. The average molecular weight is 385 g/mol. The molecule has 0 aliphatic heterocycles. The number of aryl methyl sites for hydroxylation is 1. The van der Waals surface area contributed by atoms with E-state index in [2.05, 4.69) is 0 Å². The Morgan fingerprint density at radius 2 is 1.73 bits per heavy atom. The van der Waals surface area contributed by atoms with Crippen LogP contribution in [0.3, 0.4) is 0 Å². The number of hydrogen-bond acceptors (Lipinski definition) is 2. The zero-order valence-electron chi connectivity index (χ0n) is 14.3. The van der Waals surface area contributed by atoms with Crippen LogP contribution in [0.25, 0.3) is 0 Å². The predicted octanol–water partition coefficient (Wildman–Crippen LogP) is 4.88. The molecule has 0 saturated heterocycles. The van der Waals surface area contributed by atoms with Gasteiger partial charge in [0.15, 0.2) is 0 Å². The molecule has 0 amide bonds. The maximum Gasteiger partial charge on any atom is 0.417 e. The van der Waals surface area contributed by atoms with Gasteiger partial charge in [-0.2, -0.15) is 26.3 Å². The van der Waals surface area contributed by atoms with Crippen LogP contribution in [0, 0.1) is 5.92 Å². The monoisotopic (exact) mass is 385 g/mol. The van der Waals surface area contributed by atoms with Gasteiger partial charge in [-0.15, -0.1) is 0 Å². The maximum absolute atomic E-state index is 13.2. The van der Waals surface area contributed by atoms with Crippen LogP contribution < -0.4 is 5.73 Å². The van der Waals surface area contributed by atoms with E-state index in [4.69, 9.17) is 10.8 Å². The van der Waals surface area contributed by atoms with E-state index in [1.807, 2.05) is 0 Å². The highest BCUT2D eigenvalue weighted by Gasteiger charge is 2.44. The van der Waals surface area contributed by atoms with Gasteiger partial charge in [0.25, 0.3) is 0 Å². The molecule has 148 valence electrons. The standard InChI is InChI=1S/C17H21F6NO2/c1-3-10(9-15(2,24)14(25)26)7-8-11-5-4-6-12(16(18,19)20)13(11)17(21,22)23/h4-6,10H,3,7-9,24H2,1-2H3,(H,25,26). The van der Waals surface area contributed by atoms with Crippen molar-refractivity contribution in [1.29, 1.82) is 0 Å². The van der Waals surface area contributed by atoms with Gasteiger partial charge in [0.05, 0.1) is 11.1 Å². The number of hydrogen-bond donors (Lipinski definition) is 2. The van der Waals surface area contributed by atoms with Crippen LogP contribution in [0.4, 0.5) is 26.3 Å². The zero-order chi connectivity index (χ0) is 20.3. The summed E-state index contributed by atoms with van der Waals surface area (Å²) in [6, 6.07) is 2.37. The molecule has 0 heterocycles. The summed E-state index contributed by atoms with van der Waals surface area (Å²) in [5.74, 6) is -1.58. The van der Waals surface area contributed by atoms with Crippen LogP contribution in [0.1, 0.15) is 49.8 Å². The Bertz CT molecular complexity index is 637. The minimum absolute atomic E-state index is 0.0130. The van der Waals surface area contributed by atoms with Gasteiger partial charge in [0, 0.05) is 0 Å². The summed E-state index contributed by atoms with van der Waals surface area (Å²) in [4.78, 5) is 11.1. The van der Waals surface area contributed by atoms with Crippen molar-refractivity contribution in [2.24, 2.45) is 11.7 Å².